The molecule has 0 spiro atoms. The van der Waals surface area contributed by atoms with Crippen molar-refractivity contribution in [2.45, 2.75) is 50.6 Å². The van der Waals surface area contributed by atoms with Crippen LogP contribution in [0.25, 0.3) is 0 Å². The Labute approximate surface area is 155 Å². The number of nitrogens with zero attached hydrogens (tertiary/aromatic N) is 2. The third-order valence-electron chi connectivity index (χ3n) is 4.42. The van der Waals surface area contributed by atoms with Gasteiger partial charge in [0.1, 0.15) is 5.82 Å². The zero-order valence-electron chi connectivity index (χ0n) is 15.8. The van der Waals surface area contributed by atoms with Crippen LogP contribution in [0.4, 0.5) is 4.39 Å². The van der Waals surface area contributed by atoms with Gasteiger partial charge in [-0.2, -0.15) is 11.8 Å². The standard InChI is InChI=1S/C19H31FN4S/c1-5-21-19(23-16-7-8-17(11-16)25-4)22-12-14-6-9-18(20)15(10-14)13-24(2)3/h6,9-10,16-17H,5,7-8,11-13H2,1-4H3,(H2,21,22,23). The zero-order chi connectivity index (χ0) is 18.2. The van der Waals surface area contributed by atoms with Crippen LogP contribution >= 0.6 is 11.8 Å². The monoisotopic (exact) mass is 366 g/mol. The van der Waals surface area contributed by atoms with Crippen molar-refractivity contribution in [2.75, 3.05) is 26.9 Å². The average Bonchev–Trinajstić information content (AvgIpc) is 3.02. The van der Waals surface area contributed by atoms with Crippen molar-refractivity contribution in [3.8, 4) is 0 Å². The molecule has 1 aliphatic carbocycles. The van der Waals surface area contributed by atoms with Gasteiger partial charge in [0.15, 0.2) is 5.96 Å². The molecule has 6 heteroatoms. The zero-order valence-corrected chi connectivity index (χ0v) is 16.6. The summed E-state index contributed by atoms with van der Waals surface area (Å²) in [5, 5.41) is 7.63. The Morgan fingerprint density at radius 3 is 2.80 bits per heavy atom. The number of thioether (sulfide) groups is 1. The highest BCUT2D eigenvalue weighted by Gasteiger charge is 2.24. The number of hydrogen-bond acceptors (Lipinski definition) is 3. The molecule has 1 aromatic carbocycles. The van der Waals surface area contributed by atoms with Crippen molar-refractivity contribution in [3.05, 3.63) is 35.1 Å². The fourth-order valence-electron chi connectivity index (χ4n) is 3.16. The van der Waals surface area contributed by atoms with E-state index in [4.69, 9.17) is 4.99 Å². The van der Waals surface area contributed by atoms with E-state index in [-0.39, 0.29) is 5.82 Å². The first-order valence-corrected chi connectivity index (χ1v) is 10.3. The van der Waals surface area contributed by atoms with Gasteiger partial charge in [0.2, 0.25) is 0 Å². The normalized spacial score (nSPS) is 21.0. The van der Waals surface area contributed by atoms with Gasteiger partial charge in [-0.1, -0.05) is 6.07 Å². The lowest BCUT2D eigenvalue weighted by Gasteiger charge is -2.17. The van der Waals surface area contributed by atoms with Crippen molar-refractivity contribution in [3.63, 3.8) is 0 Å². The summed E-state index contributed by atoms with van der Waals surface area (Å²) in [6, 6.07) is 5.78. The molecule has 1 aliphatic rings. The highest BCUT2D eigenvalue weighted by molar-refractivity contribution is 7.99. The van der Waals surface area contributed by atoms with Crippen LogP contribution in [-0.2, 0) is 13.1 Å². The van der Waals surface area contributed by atoms with E-state index < -0.39 is 0 Å². The molecular weight excluding hydrogens is 335 g/mol. The van der Waals surface area contributed by atoms with Gasteiger partial charge in [-0.05, 0) is 64.2 Å². The Bertz CT molecular complexity index is 577. The molecule has 25 heavy (non-hydrogen) atoms. The minimum absolute atomic E-state index is 0.152. The smallest absolute Gasteiger partial charge is 0.191 e. The number of benzene rings is 1. The SMILES string of the molecule is CCNC(=NCc1ccc(F)c(CN(C)C)c1)NC1CCC(SC)C1. The third-order valence-corrected chi connectivity index (χ3v) is 5.51. The molecule has 2 N–H and O–H groups in total. The number of nitrogens with one attached hydrogen (secondary N) is 2. The third kappa shape index (κ3) is 6.51. The van der Waals surface area contributed by atoms with Crippen LogP contribution in [0.1, 0.15) is 37.3 Å². The van der Waals surface area contributed by atoms with Crippen LogP contribution < -0.4 is 10.6 Å². The summed E-state index contributed by atoms with van der Waals surface area (Å²) in [5.74, 6) is 0.702. The van der Waals surface area contributed by atoms with E-state index in [0.29, 0.717) is 24.7 Å². The summed E-state index contributed by atoms with van der Waals surface area (Å²) in [5.41, 5.74) is 1.75. The minimum atomic E-state index is -0.152. The fourth-order valence-corrected chi connectivity index (χ4v) is 3.95. The van der Waals surface area contributed by atoms with Crippen LogP contribution in [0.2, 0.25) is 0 Å². The number of halogens is 1. The summed E-state index contributed by atoms with van der Waals surface area (Å²) < 4.78 is 13.9. The second kappa shape index (κ2) is 10.0. The number of guanidine groups is 1. The molecule has 0 bridgehead atoms. The van der Waals surface area contributed by atoms with Gasteiger partial charge in [0.25, 0.3) is 0 Å². The molecule has 2 rings (SSSR count). The molecule has 1 fully saturated rings. The second-order valence-electron chi connectivity index (χ2n) is 6.87. The van der Waals surface area contributed by atoms with E-state index in [1.165, 1.54) is 19.3 Å². The summed E-state index contributed by atoms with van der Waals surface area (Å²) in [7, 11) is 3.89. The van der Waals surface area contributed by atoms with Crippen LogP contribution in [-0.4, -0.2) is 49.0 Å². The molecule has 0 saturated heterocycles. The van der Waals surface area contributed by atoms with E-state index in [2.05, 4.69) is 23.8 Å². The maximum absolute atomic E-state index is 13.9. The lowest BCUT2D eigenvalue weighted by Crippen LogP contribution is -2.42. The molecule has 0 heterocycles. The van der Waals surface area contributed by atoms with Crippen LogP contribution in [0, 0.1) is 5.82 Å². The van der Waals surface area contributed by atoms with Gasteiger partial charge < -0.3 is 15.5 Å². The number of aliphatic imine (C=N–C) groups is 1. The first-order chi connectivity index (χ1) is 12.0. The first-order valence-electron chi connectivity index (χ1n) is 9.01. The summed E-state index contributed by atoms with van der Waals surface area (Å²) in [6.45, 7) is 4.05. The molecule has 0 amide bonds. The van der Waals surface area contributed by atoms with Gasteiger partial charge in [0, 0.05) is 29.9 Å². The molecule has 0 aliphatic heterocycles. The van der Waals surface area contributed by atoms with Crippen LogP contribution in [0.15, 0.2) is 23.2 Å². The lowest BCUT2D eigenvalue weighted by atomic mass is 10.1. The Kier molecular flexibility index (Phi) is 8.03. The lowest BCUT2D eigenvalue weighted by molar-refractivity contribution is 0.392. The quantitative estimate of drug-likeness (QED) is 0.574. The van der Waals surface area contributed by atoms with Crippen molar-refractivity contribution in [1.82, 2.24) is 15.5 Å². The van der Waals surface area contributed by atoms with Gasteiger partial charge in [-0.15, -0.1) is 0 Å². The van der Waals surface area contributed by atoms with Crippen molar-refractivity contribution >= 4 is 17.7 Å². The largest absolute Gasteiger partial charge is 0.357 e. The molecule has 2 unspecified atom stereocenters. The fraction of sp³-hybridized carbons (Fsp3) is 0.632. The Hall–Kier alpha value is -1.27. The van der Waals surface area contributed by atoms with E-state index in [1.807, 2.05) is 42.9 Å². The predicted octanol–water partition coefficient (Wildman–Crippen LogP) is 3.23. The molecule has 4 nitrogen and oxygen atoms in total. The van der Waals surface area contributed by atoms with Crippen LogP contribution in [0.3, 0.4) is 0 Å². The van der Waals surface area contributed by atoms with E-state index >= 15 is 0 Å². The van der Waals surface area contributed by atoms with Gasteiger partial charge in [0.05, 0.1) is 6.54 Å². The average molecular weight is 367 g/mol. The summed E-state index contributed by atoms with van der Waals surface area (Å²) >= 11 is 1.95. The van der Waals surface area contributed by atoms with Crippen molar-refractivity contribution in [1.29, 1.82) is 0 Å². The second-order valence-corrected chi connectivity index (χ2v) is 8.01. The van der Waals surface area contributed by atoms with Gasteiger partial charge in [-0.25, -0.2) is 9.38 Å². The van der Waals surface area contributed by atoms with Gasteiger partial charge in [-0.3, -0.25) is 0 Å². The number of hydrogen-bond donors (Lipinski definition) is 2. The molecule has 140 valence electrons. The molecule has 0 aromatic heterocycles. The first kappa shape index (κ1) is 20.0. The highest BCUT2D eigenvalue weighted by Crippen LogP contribution is 2.28. The maximum Gasteiger partial charge on any atom is 0.191 e. The van der Waals surface area contributed by atoms with E-state index in [0.717, 1.165) is 23.3 Å². The van der Waals surface area contributed by atoms with E-state index in [9.17, 15) is 4.39 Å². The van der Waals surface area contributed by atoms with Crippen molar-refractivity contribution < 1.29 is 4.39 Å². The van der Waals surface area contributed by atoms with Gasteiger partial charge >= 0.3 is 0 Å². The minimum Gasteiger partial charge on any atom is -0.357 e. The molecular formula is C19H31FN4S. The highest BCUT2D eigenvalue weighted by atomic mass is 32.2. The topological polar surface area (TPSA) is 39.7 Å². The van der Waals surface area contributed by atoms with Crippen LogP contribution in [0.5, 0.6) is 0 Å². The summed E-state index contributed by atoms with van der Waals surface area (Å²) in [4.78, 5) is 6.67. The molecule has 1 aromatic rings. The molecule has 0 radical (unpaired) electrons. The Morgan fingerprint density at radius 1 is 1.36 bits per heavy atom. The maximum atomic E-state index is 13.9. The Balaban J connectivity index is 2.00. The number of rotatable bonds is 7. The Morgan fingerprint density at radius 2 is 2.16 bits per heavy atom. The van der Waals surface area contributed by atoms with E-state index in [1.54, 1.807) is 6.07 Å². The summed E-state index contributed by atoms with van der Waals surface area (Å²) in [6.07, 6.45) is 5.84. The molecule has 2 atom stereocenters. The molecule has 1 saturated carbocycles. The predicted molar refractivity (Wildman–Crippen MR) is 107 cm³/mol. The van der Waals surface area contributed by atoms with Crippen molar-refractivity contribution in [2.24, 2.45) is 4.99 Å².